The van der Waals surface area contributed by atoms with E-state index in [1.807, 2.05) is 51.1 Å². The molecule has 2 aromatic carbocycles. The number of hydrogen-bond acceptors (Lipinski definition) is 5. The Bertz CT molecular complexity index is 1320. The van der Waals surface area contributed by atoms with E-state index in [1.54, 1.807) is 9.58 Å². The summed E-state index contributed by atoms with van der Waals surface area (Å²) in [5.74, 6) is -1.44. The lowest BCUT2D eigenvalue weighted by Crippen LogP contribution is -2.49. The SMILES string of the molecule is CC(C)(C)[C@H](c1nc(-c2cc(F)ccc2F)nn1Cc1ccccc1)N(C[C@@H]1CNC[C@@H]1F)C(=O)[C@@H]1CCCO1. The molecule has 0 unspecified atom stereocenters. The molecule has 7 nitrogen and oxygen atoms in total. The van der Waals surface area contributed by atoms with Crippen LogP contribution in [0.1, 0.15) is 51.0 Å². The molecule has 0 spiro atoms. The second kappa shape index (κ2) is 11.7. The van der Waals surface area contributed by atoms with Gasteiger partial charge in [-0.2, -0.15) is 5.10 Å². The van der Waals surface area contributed by atoms with Gasteiger partial charge in [0, 0.05) is 32.2 Å². The molecule has 1 aromatic heterocycles. The number of carbonyl (C=O) groups excluding carboxylic acids is 1. The van der Waals surface area contributed by atoms with Crippen molar-refractivity contribution in [2.45, 2.75) is 58.5 Å². The van der Waals surface area contributed by atoms with Crippen LogP contribution in [0.2, 0.25) is 0 Å². The maximum Gasteiger partial charge on any atom is 0.252 e. The van der Waals surface area contributed by atoms with E-state index in [4.69, 9.17) is 9.72 Å². The Morgan fingerprint density at radius 2 is 1.95 bits per heavy atom. The Morgan fingerprint density at radius 3 is 2.60 bits per heavy atom. The molecular formula is C30H36F3N5O2. The average Bonchev–Trinajstić information content (AvgIpc) is 3.67. The third-order valence-electron chi connectivity index (χ3n) is 7.60. The summed E-state index contributed by atoms with van der Waals surface area (Å²) in [4.78, 5) is 20.5. The van der Waals surface area contributed by atoms with Gasteiger partial charge in [0.2, 0.25) is 0 Å². The summed E-state index contributed by atoms with van der Waals surface area (Å²) in [6.45, 7) is 7.59. The maximum absolute atomic E-state index is 14.9. The van der Waals surface area contributed by atoms with E-state index in [1.165, 1.54) is 0 Å². The molecule has 2 saturated heterocycles. The van der Waals surface area contributed by atoms with Crippen LogP contribution >= 0.6 is 0 Å². The van der Waals surface area contributed by atoms with E-state index >= 15 is 0 Å². The average molecular weight is 556 g/mol. The topological polar surface area (TPSA) is 72.3 Å². The van der Waals surface area contributed by atoms with Crippen LogP contribution in [-0.4, -0.2) is 64.1 Å². The molecule has 0 radical (unpaired) electrons. The molecule has 3 heterocycles. The maximum atomic E-state index is 14.9. The second-order valence-corrected chi connectivity index (χ2v) is 11.8. The number of halogens is 3. The predicted molar refractivity (Wildman–Crippen MR) is 145 cm³/mol. The normalized spacial score (nSPS) is 22.0. The number of carbonyl (C=O) groups is 1. The molecule has 3 aromatic rings. The highest BCUT2D eigenvalue weighted by Gasteiger charge is 2.44. The van der Waals surface area contributed by atoms with Crippen LogP contribution < -0.4 is 5.32 Å². The highest BCUT2D eigenvalue weighted by molar-refractivity contribution is 5.81. The number of alkyl halides is 1. The van der Waals surface area contributed by atoms with E-state index in [0.717, 1.165) is 30.2 Å². The summed E-state index contributed by atoms with van der Waals surface area (Å²) in [5.41, 5.74) is 0.278. The minimum absolute atomic E-state index is 0.0209. The van der Waals surface area contributed by atoms with Crippen LogP contribution in [0.3, 0.4) is 0 Å². The zero-order valence-corrected chi connectivity index (χ0v) is 23.1. The summed E-state index contributed by atoms with van der Waals surface area (Å²) in [7, 11) is 0. The van der Waals surface area contributed by atoms with Crippen molar-refractivity contribution in [2.75, 3.05) is 26.2 Å². The van der Waals surface area contributed by atoms with Crippen molar-refractivity contribution >= 4 is 5.91 Å². The summed E-state index contributed by atoms with van der Waals surface area (Å²) in [5, 5.41) is 7.72. The Labute approximate surface area is 232 Å². The van der Waals surface area contributed by atoms with Crippen molar-refractivity contribution in [2.24, 2.45) is 11.3 Å². The van der Waals surface area contributed by atoms with Crippen LogP contribution in [0.15, 0.2) is 48.5 Å². The van der Waals surface area contributed by atoms with Gasteiger partial charge in [-0.15, -0.1) is 0 Å². The lowest BCUT2D eigenvalue weighted by atomic mass is 9.83. The fraction of sp³-hybridized carbons (Fsp3) is 0.500. The molecule has 1 N–H and O–H groups in total. The molecular weight excluding hydrogens is 519 g/mol. The fourth-order valence-corrected chi connectivity index (χ4v) is 5.62. The molecule has 2 aliphatic rings. The summed E-state index contributed by atoms with van der Waals surface area (Å²) < 4.78 is 51.4. The molecule has 5 rings (SSSR count). The standard InChI is InChI=1S/C30H36F3N5O2/c1-30(2,3)26(37(18-20-15-34-16-24(20)33)29(39)25-10-7-13-40-25)28-35-27(22-14-21(31)11-12-23(22)32)36-38(28)17-19-8-5-4-6-9-19/h4-6,8-9,11-12,14,20,24-26,34H,7,10,13,15-18H2,1-3H3/t20-,24-,25-,26-/m0/s1. The quantitative estimate of drug-likeness (QED) is 0.427. The largest absolute Gasteiger partial charge is 0.368 e. The molecule has 1 amide bonds. The Hall–Kier alpha value is -3.24. The molecule has 0 saturated carbocycles. The van der Waals surface area contributed by atoms with Crippen LogP contribution in [0, 0.1) is 23.0 Å². The van der Waals surface area contributed by atoms with Gasteiger partial charge in [0.1, 0.15) is 23.9 Å². The van der Waals surface area contributed by atoms with Crippen molar-refractivity contribution in [1.82, 2.24) is 25.0 Å². The minimum Gasteiger partial charge on any atom is -0.368 e. The van der Waals surface area contributed by atoms with E-state index < -0.39 is 41.3 Å². The number of nitrogens with one attached hydrogen (secondary N) is 1. The van der Waals surface area contributed by atoms with Crippen molar-refractivity contribution < 1.29 is 22.7 Å². The number of amides is 1. The van der Waals surface area contributed by atoms with Gasteiger partial charge in [-0.05, 0) is 42.0 Å². The zero-order chi connectivity index (χ0) is 28.4. The van der Waals surface area contributed by atoms with E-state index in [9.17, 15) is 18.0 Å². The molecule has 40 heavy (non-hydrogen) atoms. The Kier molecular flexibility index (Phi) is 8.28. The number of benzene rings is 2. The summed E-state index contributed by atoms with van der Waals surface area (Å²) >= 11 is 0. The first-order valence-corrected chi connectivity index (χ1v) is 13.8. The zero-order valence-electron chi connectivity index (χ0n) is 23.1. The predicted octanol–water partition coefficient (Wildman–Crippen LogP) is 4.92. The van der Waals surface area contributed by atoms with E-state index in [2.05, 4.69) is 10.4 Å². The third-order valence-corrected chi connectivity index (χ3v) is 7.60. The van der Waals surface area contributed by atoms with Crippen LogP contribution in [0.5, 0.6) is 0 Å². The Morgan fingerprint density at radius 1 is 1.18 bits per heavy atom. The first-order chi connectivity index (χ1) is 19.1. The molecule has 2 fully saturated rings. The van der Waals surface area contributed by atoms with Gasteiger partial charge in [0.15, 0.2) is 11.6 Å². The van der Waals surface area contributed by atoms with Crippen molar-refractivity contribution in [1.29, 1.82) is 0 Å². The molecule has 0 bridgehead atoms. The van der Waals surface area contributed by atoms with Crippen LogP contribution in [-0.2, 0) is 16.1 Å². The molecule has 10 heteroatoms. The lowest BCUT2D eigenvalue weighted by molar-refractivity contribution is -0.147. The minimum atomic E-state index is -1.10. The van der Waals surface area contributed by atoms with E-state index in [-0.39, 0.29) is 30.4 Å². The van der Waals surface area contributed by atoms with Crippen LogP contribution in [0.25, 0.3) is 11.4 Å². The summed E-state index contributed by atoms with van der Waals surface area (Å²) in [6.07, 6.45) is -0.360. The highest BCUT2D eigenvalue weighted by atomic mass is 19.1. The van der Waals surface area contributed by atoms with Gasteiger partial charge in [0.05, 0.1) is 18.2 Å². The number of rotatable bonds is 8. The summed E-state index contributed by atoms with van der Waals surface area (Å²) in [6, 6.07) is 12.1. The number of hydrogen-bond donors (Lipinski definition) is 1. The van der Waals surface area contributed by atoms with Gasteiger partial charge >= 0.3 is 0 Å². The molecule has 4 atom stereocenters. The second-order valence-electron chi connectivity index (χ2n) is 11.8. The van der Waals surface area contributed by atoms with Gasteiger partial charge in [-0.1, -0.05) is 51.1 Å². The first kappa shape index (κ1) is 28.3. The smallest absolute Gasteiger partial charge is 0.252 e. The first-order valence-electron chi connectivity index (χ1n) is 13.8. The van der Waals surface area contributed by atoms with Gasteiger partial charge in [-0.25, -0.2) is 22.8 Å². The van der Waals surface area contributed by atoms with Crippen molar-refractivity contribution in [3.8, 4) is 11.4 Å². The van der Waals surface area contributed by atoms with Crippen molar-refractivity contribution in [3.63, 3.8) is 0 Å². The molecule has 2 aliphatic heterocycles. The highest BCUT2D eigenvalue weighted by Crippen LogP contribution is 2.40. The van der Waals surface area contributed by atoms with Gasteiger partial charge < -0.3 is 15.0 Å². The molecule has 214 valence electrons. The third kappa shape index (κ3) is 6.07. The molecule has 0 aliphatic carbocycles. The Balaban J connectivity index is 1.64. The number of ether oxygens (including phenoxy) is 1. The fourth-order valence-electron chi connectivity index (χ4n) is 5.62. The van der Waals surface area contributed by atoms with Gasteiger partial charge in [0.25, 0.3) is 5.91 Å². The number of nitrogens with zero attached hydrogens (tertiary/aromatic N) is 4. The van der Waals surface area contributed by atoms with E-state index in [0.29, 0.717) is 31.9 Å². The lowest BCUT2D eigenvalue weighted by Gasteiger charge is -2.41. The van der Waals surface area contributed by atoms with Crippen molar-refractivity contribution in [3.05, 3.63) is 71.6 Å². The monoisotopic (exact) mass is 555 g/mol. The van der Waals surface area contributed by atoms with Gasteiger partial charge in [-0.3, -0.25) is 4.79 Å². The van der Waals surface area contributed by atoms with Crippen LogP contribution in [0.4, 0.5) is 13.2 Å². The number of aromatic nitrogens is 3.